The van der Waals surface area contributed by atoms with Gasteiger partial charge in [0.1, 0.15) is 5.15 Å². The molecule has 2 nitrogen and oxygen atoms in total. The Kier molecular flexibility index (Phi) is 5.24. The van der Waals surface area contributed by atoms with Crippen LogP contribution in [0.4, 0.5) is 17.6 Å². The lowest BCUT2D eigenvalue weighted by atomic mass is 9.65. The number of alkyl halides is 4. The van der Waals surface area contributed by atoms with E-state index in [1.165, 1.54) is 6.20 Å². The Labute approximate surface area is 170 Å². The molecule has 8 heteroatoms. The van der Waals surface area contributed by atoms with Gasteiger partial charge in [0, 0.05) is 43.5 Å². The predicted octanol–water partition coefficient (Wildman–Crippen LogP) is 7.28. The van der Waals surface area contributed by atoms with Crippen LogP contribution < -0.4 is 0 Å². The smallest absolute Gasteiger partial charge is 0.248 e. The standard InChI is InChI=1S/C20H20Cl2F4N2/c21-14-9-16(28-15-4-8-27-18(22)17(14)15)13-10-20(25,26)7-3-12(13)11-1-5-19(23,24)6-2-11/h4,8-9,11-13H,1-3,5-7,10H2/t12-,13+/m0/s1. The molecule has 2 aromatic heterocycles. The largest absolute Gasteiger partial charge is 0.252 e. The Bertz CT molecular complexity index is 880. The monoisotopic (exact) mass is 434 g/mol. The fraction of sp³-hybridized carbons (Fsp3) is 0.600. The summed E-state index contributed by atoms with van der Waals surface area (Å²) in [5, 5.41) is 1.02. The molecule has 0 aromatic carbocycles. The van der Waals surface area contributed by atoms with Gasteiger partial charge in [-0.2, -0.15) is 0 Å². The molecule has 0 amide bonds. The second kappa shape index (κ2) is 7.28. The predicted molar refractivity (Wildman–Crippen MR) is 101 cm³/mol. The van der Waals surface area contributed by atoms with Crippen molar-refractivity contribution in [2.45, 2.75) is 62.7 Å². The average molecular weight is 435 g/mol. The normalized spacial score (nSPS) is 27.8. The van der Waals surface area contributed by atoms with E-state index in [2.05, 4.69) is 9.97 Å². The van der Waals surface area contributed by atoms with E-state index in [-0.39, 0.29) is 42.7 Å². The molecule has 0 N–H and O–H groups in total. The van der Waals surface area contributed by atoms with E-state index in [1.807, 2.05) is 0 Å². The Balaban J connectivity index is 1.70. The van der Waals surface area contributed by atoms with Crippen molar-refractivity contribution in [3.63, 3.8) is 0 Å². The van der Waals surface area contributed by atoms with Crippen molar-refractivity contribution in [2.75, 3.05) is 0 Å². The highest BCUT2D eigenvalue weighted by Crippen LogP contribution is 2.52. The van der Waals surface area contributed by atoms with Crippen molar-refractivity contribution in [3.8, 4) is 0 Å². The third kappa shape index (κ3) is 3.95. The third-order valence-corrected chi connectivity index (χ3v) is 6.86. The molecule has 152 valence electrons. The molecule has 0 aliphatic heterocycles. The fourth-order valence-corrected chi connectivity index (χ4v) is 5.44. The maximum atomic E-state index is 14.3. The molecule has 2 aliphatic carbocycles. The van der Waals surface area contributed by atoms with Gasteiger partial charge in [0.2, 0.25) is 11.8 Å². The van der Waals surface area contributed by atoms with Gasteiger partial charge in [0.15, 0.2) is 0 Å². The molecule has 2 atom stereocenters. The van der Waals surface area contributed by atoms with Gasteiger partial charge in [-0.3, -0.25) is 4.98 Å². The van der Waals surface area contributed by atoms with Crippen LogP contribution in [0.3, 0.4) is 0 Å². The van der Waals surface area contributed by atoms with Crippen molar-refractivity contribution < 1.29 is 17.6 Å². The molecule has 2 aromatic rings. The van der Waals surface area contributed by atoms with Gasteiger partial charge in [-0.25, -0.2) is 22.5 Å². The van der Waals surface area contributed by atoms with Crippen LogP contribution in [0.2, 0.25) is 10.2 Å². The minimum Gasteiger partial charge on any atom is -0.252 e. The van der Waals surface area contributed by atoms with E-state index in [1.54, 1.807) is 12.1 Å². The first-order chi connectivity index (χ1) is 13.2. The highest BCUT2D eigenvalue weighted by atomic mass is 35.5. The van der Waals surface area contributed by atoms with Gasteiger partial charge < -0.3 is 0 Å². The quantitative estimate of drug-likeness (QED) is 0.366. The van der Waals surface area contributed by atoms with Crippen LogP contribution in [0, 0.1) is 11.8 Å². The van der Waals surface area contributed by atoms with E-state index < -0.39 is 17.8 Å². The molecule has 2 fully saturated rings. The second-order valence-electron chi connectivity index (χ2n) is 8.09. The van der Waals surface area contributed by atoms with Gasteiger partial charge in [-0.15, -0.1) is 0 Å². The average Bonchev–Trinajstić information content (AvgIpc) is 2.61. The van der Waals surface area contributed by atoms with E-state index in [4.69, 9.17) is 23.2 Å². The molecule has 4 rings (SSSR count). The minimum absolute atomic E-state index is 0.00183. The van der Waals surface area contributed by atoms with Crippen LogP contribution in [-0.4, -0.2) is 21.8 Å². The lowest BCUT2D eigenvalue weighted by molar-refractivity contribution is -0.0840. The summed E-state index contributed by atoms with van der Waals surface area (Å²) in [5.74, 6) is -6.06. The summed E-state index contributed by atoms with van der Waals surface area (Å²) in [6.07, 6.45) is 1.62. The number of halogens is 6. The van der Waals surface area contributed by atoms with E-state index in [9.17, 15) is 17.6 Å². The summed E-state index contributed by atoms with van der Waals surface area (Å²) in [4.78, 5) is 8.55. The van der Waals surface area contributed by atoms with Crippen molar-refractivity contribution in [1.29, 1.82) is 0 Å². The van der Waals surface area contributed by atoms with Crippen molar-refractivity contribution in [1.82, 2.24) is 9.97 Å². The number of hydrogen-bond donors (Lipinski definition) is 0. The molecule has 0 radical (unpaired) electrons. The number of rotatable bonds is 2. The molecule has 2 heterocycles. The fourth-order valence-electron chi connectivity index (χ4n) is 4.84. The van der Waals surface area contributed by atoms with Gasteiger partial charge in [-0.05, 0) is 43.2 Å². The summed E-state index contributed by atoms with van der Waals surface area (Å²) in [6, 6.07) is 3.24. The van der Waals surface area contributed by atoms with Crippen LogP contribution in [0.5, 0.6) is 0 Å². The van der Waals surface area contributed by atoms with Crippen LogP contribution in [0.1, 0.15) is 56.6 Å². The number of fused-ring (bicyclic) bond motifs is 1. The molecule has 0 unspecified atom stereocenters. The van der Waals surface area contributed by atoms with Gasteiger partial charge in [-0.1, -0.05) is 23.2 Å². The zero-order valence-electron chi connectivity index (χ0n) is 15.1. The zero-order chi connectivity index (χ0) is 20.1. The van der Waals surface area contributed by atoms with E-state index in [0.717, 1.165) is 0 Å². The van der Waals surface area contributed by atoms with Gasteiger partial charge >= 0.3 is 0 Å². The summed E-state index contributed by atoms with van der Waals surface area (Å²) < 4.78 is 55.7. The second-order valence-corrected chi connectivity index (χ2v) is 8.85. The summed E-state index contributed by atoms with van der Waals surface area (Å²) in [6.45, 7) is 0. The molecule has 0 saturated heterocycles. The molecule has 2 saturated carbocycles. The van der Waals surface area contributed by atoms with Crippen molar-refractivity contribution in [3.05, 3.63) is 34.2 Å². The summed E-state index contributed by atoms with van der Waals surface area (Å²) >= 11 is 12.5. The highest BCUT2D eigenvalue weighted by Gasteiger charge is 2.47. The first-order valence-electron chi connectivity index (χ1n) is 9.51. The SMILES string of the molecule is FC1(F)CCC([C@@H]2CCC(F)(F)C[C@H]2c2cc(Cl)c3c(Cl)nccc3n2)CC1. The zero-order valence-corrected chi connectivity index (χ0v) is 16.6. The van der Waals surface area contributed by atoms with Crippen LogP contribution >= 0.6 is 23.2 Å². The third-order valence-electron chi connectivity index (χ3n) is 6.27. The molecular weight excluding hydrogens is 415 g/mol. The summed E-state index contributed by atoms with van der Waals surface area (Å²) in [5.41, 5.74) is 0.992. The van der Waals surface area contributed by atoms with Gasteiger partial charge in [0.25, 0.3) is 0 Å². The molecule has 28 heavy (non-hydrogen) atoms. The molecular formula is C20H20Cl2F4N2. The number of nitrogens with zero attached hydrogens (tertiary/aromatic N) is 2. The van der Waals surface area contributed by atoms with Gasteiger partial charge in [0.05, 0.1) is 15.9 Å². The van der Waals surface area contributed by atoms with E-state index >= 15 is 0 Å². The van der Waals surface area contributed by atoms with E-state index in [0.29, 0.717) is 40.9 Å². The first-order valence-corrected chi connectivity index (χ1v) is 10.3. The first kappa shape index (κ1) is 20.1. The maximum Gasteiger partial charge on any atom is 0.248 e. The van der Waals surface area contributed by atoms with Crippen molar-refractivity contribution >= 4 is 34.1 Å². The number of hydrogen-bond acceptors (Lipinski definition) is 2. The Morgan fingerprint density at radius 3 is 2.36 bits per heavy atom. The van der Waals surface area contributed by atoms with Crippen LogP contribution in [0.25, 0.3) is 10.9 Å². The number of aromatic nitrogens is 2. The lowest BCUT2D eigenvalue weighted by Crippen LogP contribution is -2.38. The van der Waals surface area contributed by atoms with Crippen LogP contribution in [-0.2, 0) is 0 Å². The maximum absolute atomic E-state index is 14.3. The Hall–Kier alpha value is -1.14. The topological polar surface area (TPSA) is 25.8 Å². The molecule has 0 spiro atoms. The number of pyridine rings is 2. The Morgan fingerprint density at radius 1 is 0.964 bits per heavy atom. The Morgan fingerprint density at radius 2 is 1.64 bits per heavy atom. The van der Waals surface area contributed by atoms with Crippen molar-refractivity contribution in [2.24, 2.45) is 11.8 Å². The molecule has 2 aliphatic rings. The highest BCUT2D eigenvalue weighted by molar-refractivity contribution is 6.41. The summed E-state index contributed by atoms with van der Waals surface area (Å²) in [7, 11) is 0. The molecule has 0 bridgehead atoms. The lowest BCUT2D eigenvalue weighted by Gasteiger charge is -2.42. The van der Waals surface area contributed by atoms with Crippen LogP contribution in [0.15, 0.2) is 18.3 Å². The minimum atomic E-state index is -2.79.